The Morgan fingerprint density at radius 1 is 1.00 bits per heavy atom. The average molecular weight is 281 g/mol. The highest BCUT2D eigenvalue weighted by Crippen LogP contribution is 2.24. The highest BCUT2D eigenvalue weighted by molar-refractivity contribution is 6.46. The van der Waals surface area contributed by atoms with E-state index in [4.69, 9.17) is 4.74 Å². The summed E-state index contributed by atoms with van der Waals surface area (Å²) in [5.74, 6) is -0.375. The molecule has 0 fully saturated rings. The van der Waals surface area contributed by atoms with Crippen molar-refractivity contribution in [3.63, 3.8) is 0 Å². The van der Waals surface area contributed by atoms with Crippen LogP contribution in [0.3, 0.4) is 0 Å². The van der Waals surface area contributed by atoms with E-state index in [1.807, 2.05) is 31.2 Å². The minimum Gasteiger partial charge on any atom is -0.421 e. The molecule has 0 spiro atoms. The van der Waals surface area contributed by atoms with Gasteiger partial charge in [-0.25, -0.2) is 14.2 Å². The maximum atomic E-state index is 12.8. The van der Waals surface area contributed by atoms with Gasteiger partial charge in [-0.3, -0.25) is 0 Å². The minimum atomic E-state index is -0.505. The molecule has 1 aliphatic rings. The number of nitrogens with zero attached hydrogens (tertiary/aromatic N) is 1. The lowest BCUT2D eigenvalue weighted by atomic mass is 10.1. The largest absolute Gasteiger partial charge is 0.421 e. The van der Waals surface area contributed by atoms with Crippen molar-refractivity contribution in [3.05, 3.63) is 71.6 Å². The number of aliphatic imine (C=N–C) groups is 1. The van der Waals surface area contributed by atoms with Crippen molar-refractivity contribution in [2.75, 3.05) is 0 Å². The molecule has 0 bridgehead atoms. The van der Waals surface area contributed by atoms with E-state index in [1.54, 1.807) is 6.08 Å². The van der Waals surface area contributed by atoms with Crippen molar-refractivity contribution >= 4 is 23.1 Å². The molecular formula is C17H12FNO2. The van der Waals surface area contributed by atoms with E-state index < -0.39 is 5.97 Å². The molecule has 0 atom stereocenters. The first-order chi connectivity index (χ1) is 10.1. The second kappa shape index (κ2) is 5.32. The van der Waals surface area contributed by atoms with Crippen LogP contribution in [0.1, 0.15) is 11.1 Å². The Labute approximate surface area is 121 Å². The molecule has 1 aliphatic heterocycles. The first kappa shape index (κ1) is 13.2. The van der Waals surface area contributed by atoms with Gasteiger partial charge in [0.1, 0.15) is 11.6 Å². The first-order valence-corrected chi connectivity index (χ1v) is 6.47. The van der Waals surface area contributed by atoms with Gasteiger partial charge >= 0.3 is 5.97 Å². The van der Waals surface area contributed by atoms with Gasteiger partial charge in [-0.15, -0.1) is 0 Å². The van der Waals surface area contributed by atoms with Gasteiger partial charge in [0.25, 0.3) is 0 Å². The van der Waals surface area contributed by atoms with Crippen LogP contribution in [0.2, 0.25) is 0 Å². The number of esters is 1. The number of aryl methyl sites for hydroxylation is 1. The van der Waals surface area contributed by atoms with Crippen LogP contribution in [-0.4, -0.2) is 11.7 Å². The number of cyclic esters (lactones) is 1. The number of benzene rings is 2. The van der Waals surface area contributed by atoms with E-state index in [1.165, 1.54) is 24.3 Å². The summed E-state index contributed by atoms with van der Waals surface area (Å²) in [6.07, 6.45) is 1.59. The summed E-state index contributed by atoms with van der Waals surface area (Å²) >= 11 is 0. The zero-order valence-corrected chi connectivity index (χ0v) is 11.3. The summed E-state index contributed by atoms with van der Waals surface area (Å²) in [4.78, 5) is 16.0. The van der Waals surface area contributed by atoms with E-state index in [-0.39, 0.29) is 11.5 Å². The SMILES string of the molecule is Cc1ccc(C2=CC(=Nc3ccc(F)cc3)C(=O)O2)cc1. The number of hydrogen-bond acceptors (Lipinski definition) is 3. The third-order valence-corrected chi connectivity index (χ3v) is 3.09. The molecule has 2 aromatic rings. The van der Waals surface area contributed by atoms with Crippen LogP contribution in [0.15, 0.2) is 59.6 Å². The van der Waals surface area contributed by atoms with E-state index in [0.717, 1.165) is 11.1 Å². The van der Waals surface area contributed by atoms with Crippen molar-refractivity contribution < 1.29 is 13.9 Å². The number of carbonyl (C=O) groups is 1. The lowest BCUT2D eigenvalue weighted by Crippen LogP contribution is -2.06. The number of halogens is 1. The summed E-state index contributed by atoms with van der Waals surface area (Å²) in [5, 5.41) is 0. The number of ether oxygens (including phenoxy) is 1. The van der Waals surface area contributed by atoms with Gasteiger partial charge in [0, 0.05) is 11.6 Å². The van der Waals surface area contributed by atoms with Crippen molar-refractivity contribution in [1.82, 2.24) is 0 Å². The molecule has 0 saturated heterocycles. The molecule has 2 aromatic carbocycles. The van der Waals surface area contributed by atoms with Gasteiger partial charge in [0.05, 0.1) is 5.69 Å². The van der Waals surface area contributed by atoms with Crippen molar-refractivity contribution in [3.8, 4) is 0 Å². The lowest BCUT2D eigenvalue weighted by molar-refractivity contribution is -0.128. The Balaban J connectivity index is 1.91. The third kappa shape index (κ3) is 2.89. The first-order valence-electron chi connectivity index (χ1n) is 6.47. The zero-order valence-electron chi connectivity index (χ0n) is 11.3. The molecule has 4 heteroatoms. The van der Waals surface area contributed by atoms with Crippen LogP contribution in [-0.2, 0) is 9.53 Å². The van der Waals surface area contributed by atoms with Gasteiger partial charge in [-0.05, 0) is 31.2 Å². The van der Waals surface area contributed by atoms with Crippen LogP contribution >= 0.6 is 0 Å². The van der Waals surface area contributed by atoms with Crippen molar-refractivity contribution in [1.29, 1.82) is 0 Å². The maximum Gasteiger partial charge on any atom is 0.362 e. The zero-order chi connectivity index (χ0) is 14.8. The van der Waals surface area contributed by atoms with Gasteiger partial charge in [0.2, 0.25) is 0 Å². The molecule has 3 nitrogen and oxygen atoms in total. The Morgan fingerprint density at radius 2 is 1.67 bits per heavy atom. The van der Waals surface area contributed by atoms with Gasteiger partial charge in [-0.1, -0.05) is 29.8 Å². The normalized spacial score (nSPS) is 16.0. The quantitative estimate of drug-likeness (QED) is 0.785. The predicted octanol–water partition coefficient (Wildman–Crippen LogP) is 3.80. The Bertz CT molecular complexity index is 743. The molecule has 0 aromatic heterocycles. The fraction of sp³-hybridized carbons (Fsp3) is 0.0588. The highest BCUT2D eigenvalue weighted by atomic mass is 19.1. The smallest absolute Gasteiger partial charge is 0.362 e. The Kier molecular flexibility index (Phi) is 3.36. The molecule has 0 N–H and O–H groups in total. The number of hydrogen-bond donors (Lipinski definition) is 0. The van der Waals surface area contributed by atoms with E-state index in [0.29, 0.717) is 11.4 Å². The summed E-state index contributed by atoms with van der Waals surface area (Å²) < 4.78 is 18.1. The summed E-state index contributed by atoms with van der Waals surface area (Å²) in [6.45, 7) is 1.99. The predicted molar refractivity (Wildman–Crippen MR) is 78.7 cm³/mol. The van der Waals surface area contributed by atoms with E-state index >= 15 is 0 Å². The molecule has 0 aliphatic carbocycles. The topological polar surface area (TPSA) is 38.7 Å². The standard InChI is InChI=1S/C17H12FNO2/c1-11-2-4-12(5-3-11)16-10-15(17(20)21-16)19-14-8-6-13(18)7-9-14/h2-10H,1H3. The fourth-order valence-corrected chi connectivity index (χ4v) is 1.96. The molecule has 1 heterocycles. The average Bonchev–Trinajstić information content (AvgIpc) is 2.83. The molecule has 3 rings (SSSR count). The third-order valence-electron chi connectivity index (χ3n) is 3.09. The van der Waals surface area contributed by atoms with E-state index in [9.17, 15) is 9.18 Å². The Morgan fingerprint density at radius 3 is 2.33 bits per heavy atom. The maximum absolute atomic E-state index is 12.8. The molecule has 0 radical (unpaired) electrons. The van der Waals surface area contributed by atoms with Crippen molar-refractivity contribution in [2.24, 2.45) is 4.99 Å². The van der Waals surface area contributed by atoms with E-state index in [2.05, 4.69) is 4.99 Å². The van der Waals surface area contributed by atoms with Gasteiger partial charge in [0.15, 0.2) is 5.71 Å². The van der Waals surface area contributed by atoms with Crippen molar-refractivity contribution in [2.45, 2.75) is 6.92 Å². The molecule has 104 valence electrons. The molecular weight excluding hydrogens is 269 g/mol. The van der Waals surface area contributed by atoms with Gasteiger partial charge in [-0.2, -0.15) is 0 Å². The monoisotopic (exact) mass is 281 g/mol. The minimum absolute atomic E-state index is 0.206. The summed E-state index contributed by atoms with van der Waals surface area (Å²) in [5.41, 5.74) is 2.66. The number of rotatable bonds is 2. The van der Waals surface area contributed by atoms with Gasteiger partial charge < -0.3 is 4.74 Å². The van der Waals surface area contributed by atoms with Crippen LogP contribution in [0.25, 0.3) is 5.76 Å². The molecule has 0 saturated carbocycles. The lowest BCUT2D eigenvalue weighted by Gasteiger charge is -2.01. The van der Waals surface area contributed by atoms with Crippen LogP contribution < -0.4 is 0 Å². The Hall–Kier alpha value is -2.75. The molecule has 0 amide bonds. The summed E-state index contributed by atoms with van der Waals surface area (Å²) in [6, 6.07) is 13.3. The number of carbonyl (C=O) groups excluding carboxylic acids is 1. The van der Waals surface area contributed by atoms with Crippen LogP contribution in [0.5, 0.6) is 0 Å². The fourth-order valence-electron chi connectivity index (χ4n) is 1.96. The van der Waals surface area contributed by atoms with Crippen LogP contribution in [0.4, 0.5) is 10.1 Å². The summed E-state index contributed by atoms with van der Waals surface area (Å²) in [7, 11) is 0. The molecule has 21 heavy (non-hydrogen) atoms. The molecule has 0 unspecified atom stereocenters. The van der Waals surface area contributed by atoms with Crippen LogP contribution in [0, 0.1) is 12.7 Å². The second-order valence-corrected chi connectivity index (χ2v) is 4.74. The second-order valence-electron chi connectivity index (χ2n) is 4.74. The highest BCUT2D eigenvalue weighted by Gasteiger charge is 2.23.